The van der Waals surface area contributed by atoms with Crippen LogP contribution >= 0.6 is 0 Å². The van der Waals surface area contributed by atoms with Crippen LogP contribution in [0, 0.1) is 0 Å². The number of piperazine rings is 1. The number of hydrogen-bond acceptors (Lipinski definition) is 3. The minimum atomic E-state index is -4.36. The molecular weight excluding hydrogens is 279 g/mol. The monoisotopic (exact) mass is 301 g/mol. The summed E-state index contributed by atoms with van der Waals surface area (Å²) in [5.74, 6) is 0. The van der Waals surface area contributed by atoms with Gasteiger partial charge in [0, 0.05) is 37.9 Å². The van der Waals surface area contributed by atoms with E-state index in [1.165, 1.54) is 6.07 Å². The molecule has 0 bridgehead atoms. The molecule has 0 radical (unpaired) electrons. The van der Waals surface area contributed by atoms with Crippen molar-refractivity contribution in [1.82, 2.24) is 4.90 Å². The lowest BCUT2D eigenvalue weighted by Crippen LogP contribution is -2.51. The number of nitrogens with zero attached hydrogens (tertiary/aromatic N) is 2. The van der Waals surface area contributed by atoms with E-state index in [9.17, 15) is 13.2 Å². The third-order valence-electron chi connectivity index (χ3n) is 4.19. The second kappa shape index (κ2) is 6.23. The van der Waals surface area contributed by atoms with Crippen LogP contribution in [0.5, 0.6) is 0 Å². The molecule has 1 saturated heterocycles. The van der Waals surface area contributed by atoms with Gasteiger partial charge in [-0.2, -0.15) is 13.2 Å². The fourth-order valence-corrected chi connectivity index (χ4v) is 2.82. The van der Waals surface area contributed by atoms with E-state index < -0.39 is 11.7 Å². The van der Waals surface area contributed by atoms with E-state index in [1.54, 1.807) is 12.1 Å². The zero-order valence-corrected chi connectivity index (χ0v) is 12.5. The summed E-state index contributed by atoms with van der Waals surface area (Å²) in [4.78, 5) is 4.05. The molecule has 3 nitrogen and oxygen atoms in total. The second-order valence-electron chi connectivity index (χ2n) is 5.54. The first-order valence-corrected chi connectivity index (χ1v) is 7.22. The molecule has 6 heteroatoms. The first-order chi connectivity index (χ1) is 9.86. The average molecular weight is 301 g/mol. The standard InChI is InChI=1S/C15H22F3N3/c1-3-12-10-21(7-6-20(12)2)14-5-4-11(9-19)8-13(14)15(16,17)18/h4-5,8,12H,3,6-7,9-10,19H2,1-2H3. The topological polar surface area (TPSA) is 32.5 Å². The Labute approximate surface area is 123 Å². The van der Waals surface area contributed by atoms with Crippen molar-refractivity contribution in [3.05, 3.63) is 29.3 Å². The summed E-state index contributed by atoms with van der Waals surface area (Å²) in [6, 6.07) is 4.70. The molecule has 2 N–H and O–H groups in total. The molecule has 1 heterocycles. The van der Waals surface area contributed by atoms with E-state index >= 15 is 0 Å². The van der Waals surface area contributed by atoms with Crippen molar-refractivity contribution < 1.29 is 13.2 Å². The van der Waals surface area contributed by atoms with Gasteiger partial charge in [0.1, 0.15) is 0 Å². The Morgan fingerprint density at radius 3 is 2.57 bits per heavy atom. The van der Waals surface area contributed by atoms with Gasteiger partial charge in [-0.15, -0.1) is 0 Å². The molecule has 0 aliphatic carbocycles. The van der Waals surface area contributed by atoms with Crippen LogP contribution in [-0.2, 0) is 12.7 Å². The first kappa shape index (κ1) is 16.1. The molecule has 1 aliphatic heterocycles. The summed E-state index contributed by atoms with van der Waals surface area (Å²) in [7, 11) is 2.02. The van der Waals surface area contributed by atoms with Gasteiger partial charge in [-0.05, 0) is 31.2 Å². The minimum Gasteiger partial charge on any atom is -0.368 e. The highest BCUT2D eigenvalue weighted by Crippen LogP contribution is 2.38. The van der Waals surface area contributed by atoms with Gasteiger partial charge in [-0.3, -0.25) is 4.90 Å². The lowest BCUT2D eigenvalue weighted by atomic mass is 10.0. The van der Waals surface area contributed by atoms with E-state index in [0.29, 0.717) is 18.7 Å². The maximum absolute atomic E-state index is 13.3. The Morgan fingerprint density at radius 2 is 2.00 bits per heavy atom. The molecule has 1 aromatic rings. The van der Waals surface area contributed by atoms with Crippen LogP contribution in [0.2, 0.25) is 0 Å². The summed E-state index contributed by atoms with van der Waals surface area (Å²) < 4.78 is 39.9. The van der Waals surface area contributed by atoms with Crippen molar-refractivity contribution in [2.24, 2.45) is 5.73 Å². The highest BCUT2D eigenvalue weighted by molar-refractivity contribution is 5.57. The van der Waals surface area contributed by atoms with Gasteiger partial charge >= 0.3 is 6.18 Å². The van der Waals surface area contributed by atoms with Gasteiger partial charge in [0.25, 0.3) is 0 Å². The summed E-state index contributed by atoms with van der Waals surface area (Å²) in [6.45, 7) is 4.18. The van der Waals surface area contributed by atoms with E-state index in [4.69, 9.17) is 5.73 Å². The normalized spacial score (nSPS) is 20.9. The van der Waals surface area contributed by atoms with E-state index in [2.05, 4.69) is 11.8 Å². The second-order valence-corrected chi connectivity index (χ2v) is 5.54. The quantitative estimate of drug-likeness (QED) is 0.931. The molecule has 1 aromatic carbocycles. The highest BCUT2D eigenvalue weighted by atomic mass is 19.4. The molecular formula is C15H22F3N3. The van der Waals surface area contributed by atoms with E-state index in [-0.39, 0.29) is 18.3 Å². The molecule has 21 heavy (non-hydrogen) atoms. The largest absolute Gasteiger partial charge is 0.418 e. The van der Waals surface area contributed by atoms with Gasteiger partial charge in [0.2, 0.25) is 0 Å². The Balaban J connectivity index is 2.35. The molecule has 1 atom stereocenters. The summed E-state index contributed by atoms with van der Waals surface area (Å²) in [5.41, 5.74) is 5.66. The third kappa shape index (κ3) is 3.49. The number of rotatable bonds is 3. The molecule has 1 fully saturated rings. The third-order valence-corrected chi connectivity index (χ3v) is 4.19. The Hall–Kier alpha value is -1.27. The fourth-order valence-electron chi connectivity index (χ4n) is 2.82. The van der Waals surface area contributed by atoms with Crippen molar-refractivity contribution in [1.29, 1.82) is 0 Å². The van der Waals surface area contributed by atoms with Gasteiger partial charge in [-0.1, -0.05) is 13.0 Å². The number of likely N-dealkylation sites (N-methyl/N-ethyl adjacent to an activating group) is 1. The Bertz CT molecular complexity index is 488. The average Bonchev–Trinajstić information content (AvgIpc) is 2.46. The van der Waals surface area contributed by atoms with Crippen molar-refractivity contribution in [3.8, 4) is 0 Å². The van der Waals surface area contributed by atoms with Crippen LogP contribution in [0.1, 0.15) is 24.5 Å². The van der Waals surface area contributed by atoms with E-state index in [0.717, 1.165) is 13.0 Å². The summed E-state index contributed by atoms with van der Waals surface area (Å²) in [6.07, 6.45) is -3.43. The zero-order valence-electron chi connectivity index (χ0n) is 12.5. The van der Waals surface area contributed by atoms with Crippen LogP contribution in [-0.4, -0.2) is 37.6 Å². The number of alkyl halides is 3. The smallest absolute Gasteiger partial charge is 0.368 e. The SMILES string of the molecule is CCC1CN(c2ccc(CN)cc2C(F)(F)F)CCN1C. The molecule has 0 amide bonds. The van der Waals surface area contributed by atoms with Gasteiger partial charge in [0.15, 0.2) is 0 Å². The number of halogens is 3. The maximum Gasteiger partial charge on any atom is 0.418 e. The van der Waals surface area contributed by atoms with Crippen LogP contribution in [0.25, 0.3) is 0 Å². The Morgan fingerprint density at radius 1 is 1.29 bits per heavy atom. The number of nitrogens with two attached hydrogens (primary N) is 1. The first-order valence-electron chi connectivity index (χ1n) is 7.22. The molecule has 1 aliphatic rings. The zero-order chi connectivity index (χ0) is 15.6. The molecule has 0 spiro atoms. The minimum absolute atomic E-state index is 0.115. The molecule has 0 aromatic heterocycles. The lowest BCUT2D eigenvalue weighted by molar-refractivity contribution is -0.137. The maximum atomic E-state index is 13.3. The summed E-state index contributed by atoms with van der Waals surface area (Å²) >= 11 is 0. The van der Waals surface area contributed by atoms with Crippen molar-refractivity contribution in [2.45, 2.75) is 32.1 Å². The lowest BCUT2D eigenvalue weighted by Gasteiger charge is -2.41. The van der Waals surface area contributed by atoms with Crippen LogP contribution in [0.15, 0.2) is 18.2 Å². The molecule has 118 valence electrons. The highest BCUT2D eigenvalue weighted by Gasteiger charge is 2.36. The van der Waals surface area contributed by atoms with Crippen molar-refractivity contribution in [2.75, 3.05) is 31.6 Å². The van der Waals surface area contributed by atoms with E-state index in [1.807, 2.05) is 11.9 Å². The fraction of sp³-hybridized carbons (Fsp3) is 0.600. The predicted molar refractivity (Wildman–Crippen MR) is 78.3 cm³/mol. The molecule has 1 unspecified atom stereocenters. The predicted octanol–water partition coefficient (Wildman–Crippen LogP) is 2.69. The van der Waals surface area contributed by atoms with Gasteiger partial charge < -0.3 is 10.6 Å². The van der Waals surface area contributed by atoms with Crippen LogP contribution in [0.3, 0.4) is 0 Å². The van der Waals surface area contributed by atoms with Crippen molar-refractivity contribution in [3.63, 3.8) is 0 Å². The molecule has 0 saturated carbocycles. The number of anilines is 1. The number of benzene rings is 1. The number of hydrogen-bond donors (Lipinski definition) is 1. The van der Waals surface area contributed by atoms with Gasteiger partial charge in [-0.25, -0.2) is 0 Å². The van der Waals surface area contributed by atoms with Crippen LogP contribution in [0.4, 0.5) is 18.9 Å². The van der Waals surface area contributed by atoms with Gasteiger partial charge in [0.05, 0.1) is 5.56 Å². The Kier molecular flexibility index (Phi) is 4.78. The molecule has 2 rings (SSSR count). The van der Waals surface area contributed by atoms with Crippen molar-refractivity contribution >= 4 is 5.69 Å². The van der Waals surface area contributed by atoms with Crippen LogP contribution < -0.4 is 10.6 Å². The summed E-state index contributed by atoms with van der Waals surface area (Å²) in [5, 5.41) is 0.